The molecular formula is C41H78O6. The second kappa shape index (κ2) is 34.3. The van der Waals surface area contributed by atoms with E-state index < -0.39 is 6.10 Å². The molecule has 0 aliphatic rings. The van der Waals surface area contributed by atoms with Gasteiger partial charge in [0.1, 0.15) is 13.2 Å². The lowest BCUT2D eigenvalue weighted by Crippen LogP contribution is -2.30. The van der Waals surface area contributed by atoms with Gasteiger partial charge >= 0.3 is 17.9 Å². The number of carbonyl (C=O) groups is 3. The normalized spacial score (nSPS) is 12.6. The van der Waals surface area contributed by atoms with Crippen molar-refractivity contribution in [3.8, 4) is 0 Å². The zero-order chi connectivity index (χ0) is 34.8. The topological polar surface area (TPSA) is 78.9 Å². The minimum atomic E-state index is -0.758. The van der Waals surface area contributed by atoms with Gasteiger partial charge in [-0.15, -0.1) is 0 Å². The van der Waals surface area contributed by atoms with Crippen molar-refractivity contribution in [2.75, 3.05) is 13.2 Å². The molecule has 0 N–H and O–H groups in total. The fourth-order valence-corrected chi connectivity index (χ4v) is 5.84. The van der Waals surface area contributed by atoms with Crippen LogP contribution in [0.3, 0.4) is 0 Å². The lowest BCUT2D eigenvalue weighted by Gasteiger charge is -2.18. The quantitative estimate of drug-likeness (QED) is 0.0380. The van der Waals surface area contributed by atoms with Crippen LogP contribution >= 0.6 is 0 Å². The molecule has 0 saturated carbocycles. The van der Waals surface area contributed by atoms with E-state index in [0.717, 1.165) is 76.0 Å². The van der Waals surface area contributed by atoms with Crippen molar-refractivity contribution in [3.05, 3.63) is 0 Å². The van der Waals surface area contributed by atoms with Crippen LogP contribution in [0.4, 0.5) is 0 Å². The average molecular weight is 667 g/mol. The van der Waals surface area contributed by atoms with E-state index in [1.807, 2.05) is 0 Å². The number of unbranched alkanes of at least 4 members (excludes halogenated alkanes) is 19. The highest BCUT2D eigenvalue weighted by Crippen LogP contribution is 2.16. The fraction of sp³-hybridized carbons (Fsp3) is 0.927. The first kappa shape index (κ1) is 45.4. The standard InChI is InChI=1S/C41H78O6/c1-6-8-9-19-28-33-41(44)47-38(35-46-40(43)32-27-23-18-17-21-25-30-37(5)7-2)34-45-39(42)31-26-22-16-14-12-10-11-13-15-20-24-29-36(3)4/h36-38H,6-35H2,1-5H3/t37?,38-/m0/s1. The Labute approximate surface area is 291 Å². The lowest BCUT2D eigenvalue weighted by atomic mass is 10.00. The molecule has 2 atom stereocenters. The second-order valence-electron chi connectivity index (χ2n) is 14.6. The number of hydrogen-bond donors (Lipinski definition) is 0. The Kier molecular flexibility index (Phi) is 33.1. The van der Waals surface area contributed by atoms with Crippen LogP contribution in [0.25, 0.3) is 0 Å². The molecule has 0 bridgehead atoms. The van der Waals surface area contributed by atoms with Crippen molar-refractivity contribution in [1.82, 2.24) is 0 Å². The first-order chi connectivity index (χ1) is 22.8. The van der Waals surface area contributed by atoms with Gasteiger partial charge in [0.05, 0.1) is 0 Å². The van der Waals surface area contributed by atoms with Crippen LogP contribution in [0.2, 0.25) is 0 Å². The summed E-state index contributed by atoms with van der Waals surface area (Å²) in [7, 11) is 0. The van der Waals surface area contributed by atoms with Crippen molar-refractivity contribution in [3.63, 3.8) is 0 Å². The molecule has 0 saturated heterocycles. The molecule has 0 aliphatic heterocycles. The molecule has 0 amide bonds. The van der Waals surface area contributed by atoms with E-state index in [9.17, 15) is 14.4 Å². The molecule has 0 radical (unpaired) electrons. The highest BCUT2D eigenvalue weighted by molar-refractivity contribution is 5.71. The number of carbonyl (C=O) groups excluding carboxylic acids is 3. The summed E-state index contributed by atoms with van der Waals surface area (Å²) in [6.07, 6.45) is 29.8. The summed E-state index contributed by atoms with van der Waals surface area (Å²) in [4.78, 5) is 37.3. The molecule has 0 spiro atoms. The zero-order valence-electron chi connectivity index (χ0n) is 31.9. The van der Waals surface area contributed by atoms with Crippen LogP contribution in [-0.2, 0) is 28.6 Å². The van der Waals surface area contributed by atoms with Crippen molar-refractivity contribution >= 4 is 17.9 Å². The van der Waals surface area contributed by atoms with E-state index >= 15 is 0 Å². The Hall–Kier alpha value is -1.59. The van der Waals surface area contributed by atoms with Gasteiger partial charge in [-0.2, -0.15) is 0 Å². The Balaban J connectivity index is 4.21. The van der Waals surface area contributed by atoms with E-state index in [0.29, 0.717) is 19.3 Å². The molecule has 0 aromatic rings. The van der Waals surface area contributed by atoms with E-state index in [2.05, 4.69) is 34.6 Å². The first-order valence-corrected chi connectivity index (χ1v) is 20.3. The van der Waals surface area contributed by atoms with E-state index in [1.54, 1.807) is 0 Å². The molecule has 0 fully saturated rings. The van der Waals surface area contributed by atoms with Crippen molar-refractivity contribution in [2.45, 2.75) is 221 Å². The number of hydrogen-bond acceptors (Lipinski definition) is 6. The monoisotopic (exact) mass is 667 g/mol. The third kappa shape index (κ3) is 34.1. The summed E-state index contributed by atoms with van der Waals surface area (Å²) >= 11 is 0. The summed E-state index contributed by atoms with van der Waals surface area (Å²) in [5, 5.41) is 0. The molecule has 1 unspecified atom stereocenters. The summed E-state index contributed by atoms with van der Waals surface area (Å²) in [5.41, 5.74) is 0. The molecule has 0 aromatic heterocycles. The van der Waals surface area contributed by atoms with Crippen molar-refractivity contribution < 1.29 is 28.6 Å². The SMILES string of the molecule is CCCCCCCC(=O)O[C@@H](COC(=O)CCCCCCCCCCCCCC(C)C)COC(=O)CCCCCCCCC(C)CC. The molecule has 0 rings (SSSR count). The Morgan fingerprint density at radius 1 is 0.447 bits per heavy atom. The van der Waals surface area contributed by atoms with Gasteiger partial charge < -0.3 is 14.2 Å². The number of ether oxygens (including phenoxy) is 3. The Morgan fingerprint density at radius 3 is 1.21 bits per heavy atom. The van der Waals surface area contributed by atoms with Gasteiger partial charge in [0.25, 0.3) is 0 Å². The van der Waals surface area contributed by atoms with Gasteiger partial charge in [-0.1, -0.05) is 176 Å². The predicted octanol–water partition coefficient (Wildman–Crippen LogP) is 12.2. The highest BCUT2D eigenvalue weighted by Gasteiger charge is 2.19. The molecule has 0 heterocycles. The van der Waals surface area contributed by atoms with Crippen LogP contribution < -0.4 is 0 Å². The van der Waals surface area contributed by atoms with Gasteiger partial charge in [0.15, 0.2) is 6.10 Å². The van der Waals surface area contributed by atoms with Crippen LogP contribution in [0, 0.1) is 11.8 Å². The van der Waals surface area contributed by atoms with E-state index in [4.69, 9.17) is 14.2 Å². The maximum atomic E-state index is 12.5. The molecule has 0 aromatic carbocycles. The van der Waals surface area contributed by atoms with Crippen LogP contribution in [-0.4, -0.2) is 37.2 Å². The summed E-state index contributed by atoms with van der Waals surface area (Å²) in [5.74, 6) is 0.760. The molecule has 6 heteroatoms. The minimum absolute atomic E-state index is 0.0677. The third-order valence-electron chi connectivity index (χ3n) is 9.33. The van der Waals surface area contributed by atoms with Gasteiger partial charge in [-0.05, 0) is 31.1 Å². The Morgan fingerprint density at radius 2 is 0.809 bits per heavy atom. The number of esters is 3. The predicted molar refractivity (Wildman–Crippen MR) is 196 cm³/mol. The van der Waals surface area contributed by atoms with Crippen LogP contribution in [0.5, 0.6) is 0 Å². The molecule has 0 aliphatic carbocycles. The van der Waals surface area contributed by atoms with Gasteiger partial charge in [0, 0.05) is 19.3 Å². The third-order valence-corrected chi connectivity index (χ3v) is 9.33. The van der Waals surface area contributed by atoms with E-state index in [-0.39, 0.29) is 31.1 Å². The van der Waals surface area contributed by atoms with E-state index in [1.165, 1.54) is 96.3 Å². The van der Waals surface area contributed by atoms with Crippen LogP contribution in [0.1, 0.15) is 214 Å². The second-order valence-corrected chi connectivity index (χ2v) is 14.6. The van der Waals surface area contributed by atoms with Gasteiger partial charge in [-0.25, -0.2) is 0 Å². The van der Waals surface area contributed by atoms with Gasteiger partial charge in [-0.3, -0.25) is 14.4 Å². The Bertz CT molecular complexity index is 721. The summed E-state index contributed by atoms with van der Waals surface area (Å²) in [6.45, 7) is 11.2. The van der Waals surface area contributed by atoms with Crippen molar-refractivity contribution in [2.24, 2.45) is 11.8 Å². The number of rotatable bonds is 35. The first-order valence-electron chi connectivity index (χ1n) is 20.3. The highest BCUT2D eigenvalue weighted by atomic mass is 16.6. The largest absolute Gasteiger partial charge is 0.462 e. The molecule has 278 valence electrons. The van der Waals surface area contributed by atoms with Crippen molar-refractivity contribution in [1.29, 1.82) is 0 Å². The van der Waals surface area contributed by atoms with Gasteiger partial charge in [0.2, 0.25) is 0 Å². The minimum Gasteiger partial charge on any atom is -0.462 e. The summed E-state index contributed by atoms with van der Waals surface area (Å²) < 4.78 is 16.5. The average Bonchev–Trinajstić information content (AvgIpc) is 3.05. The smallest absolute Gasteiger partial charge is 0.306 e. The lowest BCUT2D eigenvalue weighted by molar-refractivity contribution is -0.167. The molecular weight excluding hydrogens is 588 g/mol. The summed E-state index contributed by atoms with van der Waals surface area (Å²) in [6, 6.07) is 0. The molecule has 47 heavy (non-hydrogen) atoms. The maximum absolute atomic E-state index is 12.5. The molecule has 6 nitrogen and oxygen atoms in total. The fourth-order valence-electron chi connectivity index (χ4n) is 5.84. The van der Waals surface area contributed by atoms with Crippen LogP contribution in [0.15, 0.2) is 0 Å². The maximum Gasteiger partial charge on any atom is 0.306 e. The zero-order valence-corrected chi connectivity index (χ0v) is 31.9.